The van der Waals surface area contributed by atoms with Crippen molar-refractivity contribution >= 4 is 5.90 Å². The minimum absolute atomic E-state index is 0.0217. The van der Waals surface area contributed by atoms with E-state index in [9.17, 15) is 0 Å². The van der Waals surface area contributed by atoms with E-state index in [1.165, 1.54) is 22.3 Å². The number of fused-ring (bicyclic) bond motifs is 1. The highest BCUT2D eigenvalue weighted by atomic mass is 16.5. The van der Waals surface area contributed by atoms with Crippen LogP contribution in [0.1, 0.15) is 24.5 Å². The Morgan fingerprint density at radius 3 is 2.95 bits per heavy atom. The van der Waals surface area contributed by atoms with E-state index in [-0.39, 0.29) is 5.54 Å². The normalized spacial score (nSPS) is 24.4. The molecule has 102 valence electrons. The van der Waals surface area contributed by atoms with Gasteiger partial charge in [-0.25, -0.2) is 4.99 Å². The van der Waals surface area contributed by atoms with Crippen LogP contribution in [0.5, 0.6) is 0 Å². The maximum atomic E-state index is 5.60. The highest BCUT2D eigenvalue weighted by Crippen LogP contribution is 2.38. The molecule has 2 aliphatic rings. The van der Waals surface area contributed by atoms with Crippen molar-refractivity contribution < 1.29 is 9.15 Å². The molecule has 1 aliphatic carbocycles. The molecule has 0 unspecified atom stereocenters. The summed E-state index contributed by atoms with van der Waals surface area (Å²) in [5.41, 5.74) is 5.29. The standard InChI is InChI=1S/C17H17NO2/c1-12-18-17(11-20-12)7-5-16-13(9-17)3-2-4-15(16)14-6-8-19-10-14/h2-4,6,8,10H,5,7,9,11H2,1H3/t17-/m1/s1. The van der Waals surface area contributed by atoms with Gasteiger partial charge in [-0.1, -0.05) is 18.2 Å². The molecule has 0 saturated carbocycles. The first kappa shape index (κ1) is 11.8. The van der Waals surface area contributed by atoms with Crippen LogP contribution in [0, 0.1) is 0 Å². The summed E-state index contributed by atoms with van der Waals surface area (Å²) in [5, 5.41) is 0. The first-order valence-corrected chi connectivity index (χ1v) is 7.08. The van der Waals surface area contributed by atoms with Gasteiger partial charge in [-0.15, -0.1) is 0 Å². The first-order valence-electron chi connectivity index (χ1n) is 7.08. The zero-order valence-electron chi connectivity index (χ0n) is 11.6. The molecule has 0 amide bonds. The van der Waals surface area contributed by atoms with Crippen molar-refractivity contribution in [2.24, 2.45) is 4.99 Å². The number of aliphatic imine (C=N–C) groups is 1. The quantitative estimate of drug-likeness (QED) is 0.791. The summed E-state index contributed by atoms with van der Waals surface area (Å²) in [7, 11) is 0. The lowest BCUT2D eigenvalue weighted by Crippen LogP contribution is -2.35. The van der Waals surface area contributed by atoms with Crippen LogP contribution in [0.25, 0.3) is 11.1 Å². The van der Waals surface area contributed by atoms with Crippen LogP contribution in [0.3, 0.4) is 0 Å². The van der Waals surface area contributed by atoms with Gasteiger partial charge in [-0.05, 0) is 35.6 Å². The minimum atomic E-state index is -0.0217. The molecule has 1 aliphatic heterocycles. The Balaban J connectivity index is 1.76. The number of benzene rings is 1. The molecule has 1 atom stereocenters. The first-order chi connectivity index (χ1) is 9.76. The molecule has 2 aromatic rings. The van der Waals surface area contributed by atoms with Crippen molar-refractivity contribution in [2.75, 3.05) is 6.61 Å². The second-order valence-electron chi connectivity index (χ2n) is 5.78. The molecular formula is C17H17NO2. The third-order valence-electron chi connectivity index (χ3n) is 4.41. The van der Waals surface area contributed by atoms with Gasteiger partial charge in [0, 0.05) is 18.9 Å². The molecule has 2 heterocycles. The van der Waals surface area contributed by atoms with Gasteiger partial charge in [-0.3, -0.25) is 0 Å². The number of hydrogen-bond acceptors (Lipinski definition) is 3. The Hall–Kier alpha value is -2.03. The van der Waals surface area contributed by atoms with Crippen molar-refractivity contribution in [3.05, 3.63) is 47.9 Å². The molecule has 0 N–H and O–H groups in total. The van der Waals surface area contributed by atoms with Gasteiger partial charge in [0.05, 0.1) is 12.5 Å². The molecule has 3 nitrogen and oxygen atoms in total. The lowest BCUT2D eigenvalue weighted by Gasteiger charge is -2.31. The smallest absolute Gasteiger partial charge is 0.180 e. The Bertz CT molecular complexity index is 672. The largest absolute Gasteiger partial charge is 0.479 e. The van der Waals surface area contributed by atoms with E-state index in [4.69, 9.17) is 14.1 Å². The Kier molecular flexibility index (Phi) is 2.49. The summed E-state index contributed by atoms with van der Waals surface area (Å²) in [6.45, 7) is 2.68. The van der Waals surface area contributed by atoms with Crippen LogP contribution in [0.4, 0.5) is 0 Å². The van der Waals surface area contributed by atoms with Crippen molar-refractivity contribution in [1.29, 1.82) is 0 Å². The van der Waals surface area contributed by atoms with Crippen LogP contribution in [-0.2, 0) is 17.6 Å². The molecule has 20 heavy (non-hydrogen) atoms. The highest BCUT2D eigenvalue weighted by molar-refractivity contribution is 5.76. The van der Waals surface area contributed by atoms with E-state index >= 15 is 0 Å². The summed E-state index contributed by atoms with van der Waals surface area (Å²) in [6.07, 6.45) is 6.65. The topological polar surface area (TPSA) is 34.7 Å². The van der Waals surface area contributed by atoms with Crippen LogP contribution in [0.2, 0.25) is 0 Å². The summed E-state index contributed by atoms with van der Waals surface area (Å²) in [5.74, 6) is 0.833. The Labute approximate surface area is 118 Å². The predicted octanol–water partition coefficient (Wildman–Crippen LogP) is 3.62. The SMILES string of the molecule is CC1=N[C@@]2(CCc3c(cccc3-c3ccoc3)C2)CO1. The maximum Gasteiger partial charge on any atom is 0.180 e. The average Bonchev–Trinajstić information content (AvgIpc) is 3.09. The molecule has 1 aromatic heterocycles. The molecule has 0 saturated heterocycles. The van der Waals surface area contributed by atoms with Crippen molar-refractivity contribution in [2.45, 2.75) is 31.7 Å². The van der Waals surface area contributed by atoms with Gasteiger partial charge in [-0.2, -0.15) is 0 Å². The van der Waals surface area contributed by atoms with Crippen LogP contribution < -0.4 is 0 Å². The Morgan fingerprint density at radius 2 is 2.20 bits per heavy atom. The van der Waals surface area contributed by atoms with E-state index in [1.807, 2.05) is 19.3 Å². The second kappa shape index (κ2) is 4.23. The molecule has 3 heteroatoms. The van der Waals surface area contributed by atoms with Gasteiger partial charge < -0.3 is 9.15 Å². The van der Waals surface area contributed by atoms with Crippen LogP contribution in [0.15, 0.2) is 46.2 Å². The number of nitrogens with zero attached hydrogens (tertiary/aromatic N) is 1. The number of rotatable bonds is 1. The van der Waals surface area contributed by atoms with Crippen molar-refractivity contribution in [3.8, 4) is 11.1 Å². The van der Waals surface area contributed by atoms with Gasteiger partial charge in [0.1, 0.15) is 12.1 Å². The molecule has 0 radical (unpaired) electrons. The predicted molar refractivity (Wildman–Crippen MR) is 78.0 cm³/mol. The van der Waals surface area contributed by atoms with Crippen molar-refractivity contribution in [1.82, 2.24) is 0 Å². The summed E-state index contributed by atoms with van der Waals surface area (Å²) >= 11 is 0. The number of hydrogen-bond donors (Lipinski definition) is 0. The van der Waals surface area contributed by atoms with E-state index in [2.05, 4.69) is 18.2 Å². The van der Waals surface area contributed by atoms with Crippen LogP contribution >= 0.6 is 0 Å². The van der Waals surface area contributed by atoms with E-state index < -0.39 is 0 Å². The van der Waals surface area contributed by atoms with Gasteiger partial charge in [0.25, 0.3) is 0 Å². The van der Waals surface area contributed by atoms with Crippen LogP contribution in [-0.4, -0.2) is 18.0 Å². The van der Waals surface area contributed by atoms with Crippen molar-refractivity contribution in [3.63, 3.8) is 0 Å². The van der Waals surface area contributed by atoms with E-state index in [0.717, 1.165) is 31.8 Å². The maximum absolute atomic E-state index is 5.60. The summed E-state index contributed by atoms with van der Waals surface area (Å²) in [4.78, 5) is 4.75. The fourth-order valence-electron chi connectivity index (χ4n) is 3.44. The van der Waals surface area contributed by atoms with Gasteiger partial charge >= 0.3 is 0 Å². The van der Waals surface area contributed by atoms with Gasteiger partial charge in [0.15, 0.2) is 5.90 Å². The molecule has 1 aromatic carbocycles. The zero-order chi connectivity index (χ0) is 13.6. The fraction of sp³-hybridized carbons (Fsp3) is 0.353. The molecule has 4 rings (SSSR count). The molecular weight excluding hydrogens is 250 g/mol. The number of ether oxygens (including phenoxy) is 1. The number of furan rings is 1. The zero-order valence-corrected chi connectivity index (χ0v) is 11.6. The second-order valence-corrected chi connectivity index (χ2v) is 5.78. The monoisotopic (exact) mass is 267 g/mol. The Morgan fingerprint density at radius 1 is 1.25 bits per heavy atom. The lowest BCUT2D eigenvalue weighted by molar-refractivity contribution is 0.236. The fourth-order valence-corrected chi connectivity index (χ4v) is 3.44. The minimum Gasteiger partial charge on any atom is -0.479 e. The van der Waals surface area contributed by atoms with Gasteiger partial charge in [0.2, 0.25) is 0 Å². The van der Waals surface area contributed by atoms with E-state index in [0.29, 0.717) is 0 Å². The molecule has 1 spiro atoms. The molecule has 0 fully saturated rings. The lowest BCUT2D eigenvalue weighted by atomic mass is 9.77. The molecule has 0 bridgehead atoms. The summed E-state index contributed by atoms with van der Waals surface area (Å²) < 4.78 is 10.8. The highest BCUT2D eigenvalue weighted by Gasteiger charge is 2.39. The third kappa shape index (κ3) is 1.77. The average molecular weight is 267 g/mol. The third-order valence-corrected chi connectivity index (χ3v) is 4.41. The van der Waals surface area contributed by atoms with E-state index in [1.54, 1.807) is 6.26 Å². The summed E-state index contributed by atoms with van der Waals surface area (Å²) in [6, 6.07) is 8.57.